The van der Waals surface area contributed by atoms with E-state index in [0.29, 0.717) is 34.2 Å². The van der Waals surface area contributed by atoms with Crippen LogP contribution in [0.1, 0.15) is 11.1 Å². The van der Waals surface area contributed by atoms with Crippen molar-refractivity contribution in [1.29, 1.82) is 5.26 Å². The van der Waals surface area contributed by atoms with E-state index in [2.05, 4.69) is 5.32 Å². The molecule has 3 rings (SSSR count). The van der Waals surface area contributed by atoms with Crippen molar-refractivity contribution < 1.29 is 28.7 Å². The highest BCUT2D eigenvalue weighted by molar-refractivity contribution is 6.09. The van der Waals surface area contributed by atoms with Gasteiger partial charge in [-0.2, -0.15) is 5.26 Å². The number of nitriles is 1. The molecule has 0 aliphatic heterocycles. The first-order valence-electron chi connectivity index (χ1n) is 10.6. The van der Waals surface area contributed by atoms with Crippen LogP contribution >= 0.6 is 0 Å². The number of carbonyl (C=O) groups is 1. The summed E-state index contributed by atoms with van der Waals surface area (Å²) < 4.78 is 21.6. The summed E-state index contributed by atoms with van der Waals surface area (Å²) in [5.74, 6) is 1.17. The van der Waals surface area contributed by atoms with Gasteiger partial charge in [0.1, 0.15) is 18.2 Å². The lowest BCUT2D eigenvalue weighted by Gasteiger charge is -2.12. The first kappa shape index (κ1) is 25.6. The van der Waals surface area contributed by atoms with Crippen molar-refractivity contribution in [2.24, 2.45) is 0 Å². The fourth-order valence-corrected chi connectivity index (χ4v) is 3.20. The van der Waals surface area contributed by atoms with Crippen molar-refractivity contribution in [2.75, 3.05) is 26.6 Å². The second-order valence-electron chi connectivity index (χ2n) is 7.32. The fourth-order valence-electron chi connectivity index (χ4n) is 3.20. The number of methoxy groups -OCH3 is 3. The van der Waals surface area contributed by atoms with Crippen LogP contribution in [0.25, 0.3) is 6.08 Å². The molecule has 3 aromatic rings. The quantitative estimate of drug-likeness (QED) is 0.187. The molecule has 0 fully saturated rings. The number of hydrogen-bond acceptors (Lipinski definition) is 8. The number of amides is 1. The van der Waals surface area contributed by atoms with Gasteiger partial charge in [0.2, 0.25) is 0 Å². The van der Waals surface area contributed by atoms with E-state index in [9.17, 15) is 20.2 Å². The van der Waals surface area contributed by atoms with Crippen molar-refractivity contribution in [1.82, 2.24) is 0 Å². The van der Waals surface area contributed by atoms with Crippen molar-refractivity contribution in [3.63, 3.8) is 0 Å². The number of benzene rings is 3. The molecule has 0 radical (unpaired) electrons. The van der Waals surface area contributed by atoms with Crippen LogP contribution in [0.2, 0.25) is 0 Å². The molecule has 0 saturated carbocycles. The molecule has 3 aromatic carbocycles. The predicted molar refractivity (Wildman–Crippen MR) is 132 cm³/mol. The Kier molecular flexibility index (Phi) is 8.45. The lowest BCUT2D eigenvalue weighted by molar-refractivity contribution is -0.384. The van der Waals surface area contributed by atoms with E-state index in [1.54, 1.807) is 48.5 Å². The third kappa shape index (κ3) is 6.30. The third-order valence-corrected chi connectivity index (χ3v) is 5.05. The zero-order valence-electron chi connectivity index (χ0n) is 19.8. The third-order valence-electron chi connectivity index (χ3n) is 5.05. The number of ether oxygens (including phenoxy) is 4. The van der Waals surface area contributed by atoms with Crippen molar-refractivity contribution in [2.45, 2.75) is 6.61 Å². The summed E-state index contributed by atoms with van der Waals surface area (Å²) in [7, 11) is 4.46. The standard InChI is InChI=1S/C26H23N3O7/c1-33-22-11-7-20(14-25(22)35-3)28-26(30)19(15-27)12-18-6-10-23(24(13-18)34-2)36-16-17-4-8-21(9-5-17)29(31)32/h4-14H,16H2,1-3H3,(H,28,30)/b19-12+. The van der Waals surface area contributed by atoms with Gasteiger partial charge in [0, 0.05) is 23.9 Å². The number of nitrogens with one attached hydrogen (secondary N) is 1. The Bertz CT molecular complexity index is 1330. The Morgan fingerprint density at radius 2 is 1.58 bits per heavy atom. The minimum absolute atomic E-state index is 0.00377. The van der Waals surface area contributed by atoms with E-state index in [1.165, 1.54) is 39.5 Å². The van der Waals surface area contributed by atoms with Gasteiger partial charge < -0.3 is 24.3 Å². The summed E-state index contributed by atoms with van der Waals surface area (Å²) in [5.41, 5.74) is 1.60. The van der Waals surface area contributed by atoms with Crippen LogP contribution in [0.5, 0.6) is 23.0 Å². The van der Waals surface area contributed by atoms with Crippen molar-refractivity contribution in [3.05, 3.63) is 87.5 Å². The van der Waals surface area contributed by atoms with Gasteiger partial charge in [-0.25, -0.2) is 0 Å². The molecule has 0 aromatic heterocycles. The molecule has 0 aliphatic carbocycles. The molecule has 1 amide bonds. The summed E-state index contributed by atoms with van der Waals surface area (Å²) in [6.45, 7) is 0.167. The van der Waals surface area contributed by atoms with Crippen LogP contribution in [0, 0.1) is 21.4 Å². The van der Waals surface area contributed by atoms with E-state index in [0.717, 1.165) is 5.56 Å². The average Bonchev–Trinajstić information content (AvgIpc) is 2.90. The number of non-ortho nitro benzene ring substituents is 1. The molecule has 0 spiro atoms. The van der Waals surface area contributed by atoms with Gasteiger partial charge >= 0.3 is 0 Å². The molecule has 0 atom stereocenters. The second kappa shape index (κ2) is 11.9. The van der Waals surface area contributed by atoms with Crippen LogP contribution < -0.4 is 24.3 Å². The SMILES string of the molecule is COc1ccc(NC(=O)/C(C#N)=C/c2ccc(OCc3ccc([N+](=O)[O-])cc3)c(OC)c2)cc1OC. The van der Waals surface area contributed by atoms with E-state index in [1.807, 2.05) is 6.07 Å². The number of rotatable bonds is 10. The Balaban J connectivity index is 1.73. The smallest absolute Gasteiger partial charge is 0.269 e. The van der Waals surface area contributed by atoms with Gasteiger partial charge in [0.15, 0.2) is 23.0 Å². The van der Waals surface area contributed by atoms with E-state index >= 15 is 0 Å². The van der Waals surface area contributed by atoms with Gasteiger partial charge in [0.25, 0.3) is 11.6 Å². The number of nitrogens with zero attached hydrogens (tertiary/aromatic N) is 2. The Labute approximate surface area is 207 Å². The monoisotopic (exact) mass is 489 g/mol. The fraction of sp³-hybridized carbons (Fsp3) is 0.154. The molecule has 184 valence electrons. The maximum Gasteiger partial charge on any atom is 0.269 e. The Morgan fingerprint density at radius 1 is 0.944 bits per heavy atom. The molecular formula is C26H23N3O7. The second-order valence-corrected chi connectivity index (χ2v) is 7.32. The van der Waals surface area contributed by atoms with Gasteiger partial charge in [-0.1, -0.05) is 6.07 Å². The molecule has 1 N–H and O–H groups in total. The Morgan fingerprint density at radius 3 is 2.19 bits per heavy atom. The lowest BCUT2D eigenvalue weighted by atomic mass is 10.1. The maximum absolute atomic E-state index is 12.7. The summed E-state index contributed by atoms with van der Waals surface area (Å²) >= 11 is 0. The zero-order valence-corrected chi connectivity index (χ0v) is 19.8. The van der Waals surface area contributed by atoms with Gasteiger partial charge in [0.05, 0.1) is 26.3 Å². The molecule has 0 unspecified atom stereocenters. The molecule has 10 nitrogen and oxygen atoms in total. The summed E-state index contributed by atoms with van der Waals surface area (Å²) in [6.07, 6.45) is 1.43. The van der Waals surface area contributed by atoms with Crippen molar-refractivity contribution >= 4 is 23.4 Å². The van der Waals surface area contributed by atoms with Gasteiger partial charge in [-0.05, 0) is 53.6 Å². The number of anilines is 1. The molecule has 0 bridgehead atoms. The summed E-state index contributed by atoms with van der Waals surface area (Å²) in [6, 6.07) is 17.8. The molecule has 0 aliphatic rings. The highest BCUT2D eigenvalue weighted by Crippen LogP contribution is 2.31. The first-order chi connectivity index (χ1) is 17.4. The topological polar surface area (TPSA) is 133 Å². The number of nitro benzene ring substituents is 1. The molecular weight excluding hydrogens is 466 g/mol. The zero-order chi connectivity index (χ0) is 26.1. The molecule has 36 heavy (non-hydrogen) atoms. The highest BCUT2D eigenvalue weighted by atomic mass is 16.6. The normalized spacial score (nSPS) is 10.7. The van der Waals surface area contributed by atoms with Crippen LogP contribution in [0.4, 0.5) is 11.4 Å². The van der Waals surface area contributed by atoms with Crippen molar-refractivity contribution in [3.8, 4) is 29.1 Å². The molecule has 0 saturated heterocycles. The van der Waals surface area contributed by atoms with E-state index in [4.69, 9.17) is 18.9 Å². The predicted octanol–water partition coefficient (Wildman–Crippen LogP) is 4.75. The summed E-state index contributed by atoms with van der Waals surface area (Å²) in [4.78, 5) is 23.0. The largest absolute Gasteiger partial charge is 0.493 e. The van der Waals surface area contributed by atoms with Crippen LogP contribution in [0.15, 0.2) is 66.2 Å². The molecule has 0 heterocycles. The Hall–Kier alpha value is -5.04. The first-order valence-corrected chi connectivity index (χ1v) is 10.6. The minimum atomic E-state index is -0.595. The maximum atomic E-state index is 12.7. The minimum Gasteiger partial charge on any atom is -0.493 e. The van der Waals surface area contributed by atoms with Gasteiger partial charge in [-0.3, -0.25) is 14.9 Å². The summed E-state index contributed by atoms with van der Waals surface area (Å²) in [5, 5.41) is 23.0. The van der Waals surface area contributed by atoms with Crippen LogP contribution in [0.3, 0.4) is 0 Å². The lowest BCUT2D eigenvalue weighted by Crippen LogP contribution is -2.13. The van der Waals surface area contributed by atoms with Crippen LogP contribution in [-0.4, -0.2) is 32.2 Å². The number of nitro groups is 1. The van der Waals surface area contributed by atoms with E-state index in [-0.39, 0.29) is 17.9 Å². The number of carbonyl (C=O) groups excluding carboxylic acids is 1. The van der Waals surface area contributed by atoms with E-state index < -0.39 is 10.8 Å². The average molecular weight is 489 g/mol. The van der Waals surface area contributed by atoms with Gasteiger partial charge in [-0.15, -0.1) is 0 Å². The van der Waals surface area contributed by atoms with Crippen LogP contribution in [-0.2, 0) is 11.4 Å². The molecule has 10 heteroatoms. The highest BCUT2D eigenvalue weighted by Gasteiger charge is 2.13. The number of hydrogen-bond donors (Lipinski definition) is 1.